The molecule has 2 unspecified atom stereocenters. The van der Waals surface area contributed by atoms with Crippen LogP contribution in [0.2, 0.25) is 5.02 Å². The van der Waals surface area contributed by atoms with Crippen LogP contribution in [0.25, 0.3) is 0 Å². The van der Waals surface area contributed by atoms with Gasteiger partial charge in [-0.25, -0.2) is 0 Å². The number of hydrogen-bond donors (Lipinski definition) is 3. The van der Waals surface area contributed by atoms with Crippen molar-refractivity contribution in [1.82, 2.24) is 5.32 Å². The summed E-state index contributed by atoms with van der Waals surface area (Å²) in [7, 11) is 6.41. The number of carbonyl (C=O) groups is 2. The van der Waals surface area contributed by atoms with Gasteiger partial charge < -0.3 is 25.2 Å². The topological polar surface area (TPSA) is 96.9 Å². The minimum atomic E-state index is -1.47. The predicted molar refractivity (Wildman–Crippen MR) is 120 cm³/mol. The van der Waals surface area contributed by atoms with E-state index in [9.17, 15) is 14.7 Å². The highest BCUT2D eigenvalue weighted by Crippen LogP contribution is 2.57. The van der Waals surface area contributed by atoms with Crippen molar-refractivity contribution in [3.8, 4) is 11.5 Å². The van der Waals surface area contributed by atoms with Crippen molar-refractivity contribution in [2.45, 2.75) is 24.1 Å². The van der Waals surface area contributed by atoms with E-state index >= 15 is 0 Å². The fourth-order valence-electron chi connectivity index (χ4n) is 5.51. The normalized spacial score (nSPS) is 28.8. The molecular weight excluding hydrogens is 434 g/mol. The van der Waals surface area contributed by atoms with Crippen LogP contribution < -0.4 is 20.1 Å². The van der Waals surface area contributed by atoms with Crippen molar-refractivity contribution >= 4 is 29.1 Å². The predicted octanol–water partition coefficient (Wildman–Crippen LogP) is 1.88. The van der Waals surface area contributed by atoms with Crippen LogP contribution in [0, 0.1) is 0 Å². The first-order valence-electron chi connectivity index (χ1n) is 10.3. The van der Waals surface area contributed by atoms with Gasteiger partial charge in [-0.3, -0.25) is 14.1 Å². The molecule has 2 heterocycles. The highest BCUT2D eigenvalue weighted by Gasteiger charge is 2.69. The molecule has 9 heteroatoms. The zero-order valence-electron chi connectivity index (χ0n) is 18.4. The quantitative estimate of drug-likeness (QED) is 0.592. The Morgan fingerprint density at radius 2 is 1.91 bits per heavy atom. The van der Waals surface area contributed by atoms with Crippen LogP contribution in [0.5, 0.6) is 11.5 Å². The standard InChI is InChI=1S/C23H26ClN3O5/c1-25-21(29)17-11-14(28)12-27(17,2)23(20-18(31-3)6-5-7-19(20)32-4)15-10-13(24)8-9-16(15)26-22(23)30/h5-10,14,17,28H,11-12H2,1-4H3,(H-,25,26,29,30)/p+1/t14-,17+,23?,27?/m1/s1. The Morgan fingerprint density at radius 1 is 1.25 bits per heavy atom. The SMILES string of the molecule is CNC(=O)[C@@H]1C[C@@H](O)C[N+]1(C)C1(c2c(OC)cccc2OC)C(=O)Nc2ccc(Cl)cc21. The average molecular weight is 461 g/mol. The second kappa shape index (κ2) is 7.95. The lowest BCUT2D eigenvalue weighted by Crippen LogP contribution is -2.68. The minimum absolute atomic E-state index is 0.107. The summed E-state index contributed by atoms with van der Waals surface area (Å²) in [5.74, 6) is 0.260. The van der Waals surface area contributed by atoms with E-state index in [0.717, 1.165) is 0 Å². The first kappa shape index (κ1) is 22.4. The Bertz CT molecular complexity index is 1070. The lowest BCUT2D eigenvalue weighted by Gasteiger charge is -2.48. The van der Waals surface area contributed by atoms with Crippen molar-refractivity contribution in [2.24, 2.45) is 0 Å². The number of carbonyl (C=O) groups excluding carboxylic acids is 2. The molecule has 2 aliphatic rings. The maximum atomic E-state index is 14.1. The molecule has 170 valence electrons. The number of amides is 2. The van der Waals surface area contributed by atoms with Crippen LogP contribution in [-0.4, -0.2) is 68.4 Å². The number of quaternary nitrogens is 1. The zero-order chi connectivity index (χ0) is 23.3. The van der Waals surface area contributed by atoms with Crippen LogP contribution in [-0.2, 0) is 15.1 Å². The molecule has 32 heavy (non-hydrogen) atoms. The van der Waals surface area contributed by atoms with Gasteiger partial charge in [0.15, 0.2) is 6.04 Å². The summed E-state index contributed by atoms with van der Waals surface area (Å²) in [6, 6.07) is 9.75. The smallest absolute Gasteiger partial charge is 0.296 e. The van der Waals surface area contributed by atoms with Crippen LogP contribution in [0.1, 0.15) is 17.5 Å². The molecule has 0 radical (unpaired) electrons. The monoisotopic (exact) mass is 460 g/mol. The van der Waals surface area contributed by atoms with Crippen molar-refractivity contribution in [3.05, 3.63) is 52.5 Å². The first-order chi connectivity index (χ1) is 15.2. The largest absolute Gasteiger partial charge is 0.496 e. The molecule has 2 aromatic carbocycles. The van der Waals surface area contributed by atoms with Gasteiger partial charge >= 0.3 is 0 Å². The van der Waals surface area contributed by atoms with E-state index in [1.54, 1.807) is 43.4 Å². The van der Waals surface area contributed by atoms with E-state index in [-0.39, 0.29) is 29.3 Å². The number of fused-ring (bicyclic) bond motifs is 1. The van der Waals surface area contributed by atoms with Crippen molar-refractivity contribution in [3.63, 3.8) is 0 Å². The molecule has 0 aliphatic carbocycles. The van der Waals surface area contributed by atoms with E-state index < -0.39 is 17.7 Å². The Labute approximate surface area is 191 Å². The number of methoxy groups -OCH3 is 2. The number of aliphatic hydroxyl groups is 1. The third-order valence-corrected chi connectivity index (χ3v) is 7.06. The third kappa shape index (κ3) is 2.90. The van der Waals surface area contributed by atoms with Gasteiger partial charge in [0, 0.05) is 18.5 Å². The first-order valence-corrected chi connectivity index (χ1v) is 10.7. The number of likely N-dealkylation sites (tertiary alicyclic amines) is 1. The average Bonchev–Trinajstić information content (AvgIpc) is 3.25. The van der Waals surface area contributed by atoms with E-state index in [1.165, 1.54) is 14.2 Å². The number of rotatable bonds is 5. The molecule has 3 N–H and O–H groups in total. The van der Waals surface area contributed by atoms with Crippen molar-refractivity contribution in [1.29, 1.82) is 0 Å². The molecule has 0 saturated carbocycles. The number of benzene rings is 2. The number of nitrogens with one attached hydrogen (secondary N) is 2. The van der Waals surface area contributed by atoms with Gasteiger partial charge in [-0.15, -0.1) is 0 Å². The lowest BCUT2D eigenvalue weighted by atomic mass is 9.78. The van der Waals surface area contributed by atoms with Gasteiger partial charge in [-0.05, 0) is 30.3 Å². The number of anilines is 1. The summed E-state index contributed by atoms with van der Waals surface area (Å²) in [5.41, 5.74) is 0.202. The van der Waals surface area contributed by atoms with E-state index in [0.29, 0.717) is 33.3 Å². The zero-order valence-corrected chi connectivity index (χ0v) is 19.2. The van der Waals surface area contributed by atoms with Gasteiger partial charge in [0.25, 0.3) is 11.8 Å². The van der Waals surface area contributed by atoms with Gasteiger partial charge in [0.1, 0.15) is 29.7 Å². The second-order valence-electron chi connectivity index (χ2n) is 8.36. The molecule has 2 amide bonds. The fourth-order valence-corrected chi connectivity index (χ4v) is 5.68. The Hall–Kier alpha value is -2.81. The molecule has 1 saturated heterocycles. The van der Waals surface area contributed by atoms with Crippen LogP contribution in [0.3, 0.4) is 0 Å². The molecule has 2 aliphatic heterocycles. The van der Waals surface area contributed by atoms with Crippen LogP contribution >= 0.6 is 11.6 Å². The summed E-state index contributed by atoms with van der Waals surface area (Å²) in [4.78, 5) is 27.1. The van der Waals surface area contributed by atoms with E-state index in [4.69, 9.17) is 21.1 Å². The molecule has 0 aromatic heterocycles. The summed E-state index contributed by atoms with van der Waals surface area (Å²) >= 11 is 6.40. The molecule has 2 aromatic rings. The molecule has 0 spiro atoms. The highest BCUT2D eigenvalue weighted by molar-refractivity contribution is 6.31. The summed E-state index contributed by atoms with van der Waals surface area (Å²) < 4.78 is 11.3. The van der Waals surface area contributed by atoms with Crippen molar-refractivity contribution < 1.29 is 28.7 Å². The van der Waals surface area contributed by atoms with Gasteiger partial charge in [-0.2, -0.15) is 0 Å². The Morgan fingerprint density at radius 3 is 2.50 bits per heavy atom. The molecule has 8 nitrogen and oxygen atoms in total. The highest BCUT2D eigenvalue weighted by atomic mass is 35.5. The molecule has 4 rings (SSSR count). The fraction of sp³-hybridized carbons (Fsp3) is 0.391. The lowest BCUT2D eigenvalue weighted by molar-refractivity contribution is -0.953. The number of ether oxygens (including phenoxy) is 2. The number of halogens is 1. The maximum absolute atomic E-state index is 14.1. The van der Waals surface area contributed by atoms with Gasteiger partial charge in [0.2, 0.25) is 5.54 Å². The number of likely N-dealkylation sites (N-methyl/N-ethyl adjacent to an activating group) is 2. The van der Waals surface area contributed by atoms with Gasteiger partial charge in [-0.1, -0.05) is 17.7 Å². The summed E-state index contributed by atoms with van der Waals surface area (Å²) in [5, 5.41) is 16.8. The number of nitrogens with zero attached hydrogens (tertiary/aromatic N) is 1. The second-order valence-corrected chi connectivity index (χ2v) is 8.80. The van der Waals surface area contributed by atoms with Crippen molar-refractivity contribution in [2.75, 3.05) is 40.2 Å². The Kier molecular flexibility index (Phi) is 5.56. The third-order valence-electron chi connectivity index (χ3n) is 6.83. The number of hydrogen-bond acceptors (Lipinski definition) is 5. The van der Waals surface area contributed by atoms with Gasteiger partial charge in [0.05, 0.1) is 32.5 Å². The van der Waals surface area contributed by atoms with E-state index in [2.05, 4.69) is 10.6 Å². The number of aliphatic hydroxyl groups excluding tert-OH is 1. The Balaban J connectivity index is 2.16. The molecule has 1 fully saturated rings. The van der Waals surface area contributed by atoms with Crippen LogP contribution in [0.4, 0.5) is 5.69 Å². The maximum Gasteiger partial charge on any atom is 0.296 e. The summed E-state index contributed by atoms with van der Waals surface area (Å²) in [6.45, 7) is 0.165. The minimum Gasteiger partial charge on any atom is -0.496 e. The van der Waals surface area contributed by atoms with E-state index in [1.807, 2.05) is 7.05 Å². The van der Waals surface area contributed by atoms with Crippen LogP contribution in [0.15, 0.2) is 36.4 Å². The molecule has 0 bridgehead atoms. The summed E-state index contributed by atoms with van der Waals surface area (Å²) in [6.07, 6.45) is -0.575. The molecular formula is C23H27ClN3O5+. The molecule has 4 atom stereocenters.